The zero-order chi connectivity index (χ0) is 16.7. The van der Waals surface area contributed by atoms with Crippen molar-refractivity contribution in [2.24, 2.45) is 0 Å². The van der Waals surface area contributed by atoms with Crippen LogP contribution in [0.1, 0.15) is 18.6 Å². The fourth-order valence-electron chi connectivity index (χ4n) is 2.26. The predicted octanol–water partition coefficient (Wildman–Crippen LogP) is -2.28. The molecule has 6 N–H and O–H groups in total. The molecule has 0 amide bonds. The lowest BCUT2D eigenvalue weighted by Crippen LogP contribution is -2.38. The van der Waals surface area contributed by atoms with Crippen LogP contribution in [0.3, 0.4) is 0 Å². The van der Waals surface area contributed by atoms with Crippen LogP contribution in [0.4, 0.5) is 0 Å². The molecular weight excluding hydrogens is 323 g/mol. The zero-order valence-corrected chi connectivity index (χ0v) is 12.1. The molecule has 124 valence electrons. The van der Waals surface area contributed by atoms with Crippen LogP contribution < -0.4 is 11.2 Å². The molecule has 1 aromatic heterocycles. The van der Waals surface area contributed by atoms with Crippen molar-refractivity contribution in [2.45, 2.75) is 37.4 Å². The van der Waals surface area contributed by atoms with Gasteiger partial charge in [0.2, 0.25) is 0 Å². The fourth-order valence-corrected chi connectivity index (χ4v) is 2.81. The van der Waals surface area contributed by atoms with Crippen LogP contribution in [0.25, 0.3) is 0 Å². The number of phosphoric acid groups is 1. The van der Waals surface area contributed by atoms with E-state index in [1.165, 1.54) is 6.92 Å². The Morgan fingerprint density at radius 2 is 1.95 bits per heavy atom. The first-order chi connectivity index (χ1) is 10.1. The van der Waals surface area contributed by atoms with E-state index in [0.717, 1.165) is 6.20 Å². The van der Waals surface area contributed by atoms with Crippen molar-refractivity contribution < 1.29 is 33.8 Å². The van der Waals surface area contributed by atoms with Crippen molar-refractivity contribution in [2.75, 3.05) is 0 Å². The molecule has 1 unspecified atom stereocenters. The van der Waals surface area contributed by atoms with E-state index in [1.54, 1.807) is 0 Å². The summed E-state index contributed by atoms with van der Waals surface area (Å²) in [5.41, 5.74) is -1.71. The van der Waals surface area contributed by atoms with Gasteiger partial charge in [-0.3, -0.25) is 14.3 Å². The van der Waals surface area contributed by atoms with Crippen molar-refractivity contribution in [3.05, 3.63) is 32.6 Å². The molecular formula is C10H15N2O9P. The SMILES string of the molecule is CC(OP(=O)(O)O)[C@H]1O[C@@H](c2c[nH]c(=O)[nH]c2=O)[C@H](O)[C@@H]1O. The maximum atomic E-state index is 11.7. The summed E-state index contributed by atoms with van der Waals surface area (Å²) in [7, 11) is -4.82. The number of H-pyrrole nitrogens is 2. The second kappa shape index (κ2) is 6.05. The highest BCUT2D eigenvalue weighted by atomic mass is 31.2. The monoisotopic (exact) mass is 338 g/mol. The topological polar surface area (TPSA) is 182 Å². The second-order valence-electron chi connectivity index (χ2n) is 4.83. The third-order valence-corrected chi connectivity index (χ3v) is 3.83. The minimum Gasteiger partial charge on any atom is -0.387 e. The molecule has 5 atom stereocenters. The van der Waals surface area contributed by atoms with Gasteiger partial charge in [0, 0.05) is 6.20 Å². The molecule has 0 spiro atoms. The van der Waals surface area contributed by atoms with Crippen molar-refractivity contribution in [3.63, 3.8) is 0 Å². The largest absolute Gasteiger partial charge is 0.469 e. The summed E-state index contributed by atoms with van der Waals surface area (Å²) in [4.78, 5) is 44.3. The summed E-state index contributed by atoms with van der Waals surface area (Å²) in [5, 5.41) is 19.9. The lowest BCUT2D eigenvalue weighted by atomic mass is 10.0. The van der Waals surface area contributed by atoms with Gasteiger partial charge in [-0.25, -0.2) is 9.36 Å². The quantitative estimate of drug-likeness (QED) is 0.329. The Labute approximate surface area is 122 Å². The Hall–Kier alpha value is -1.33. The summed E-state index contributed by atoms with van der Waals surface area (Å²) in [5.74, 6) is 0. The number of aromatic amines is 2. The van der Waals surface area contributed by atoms with E-state index in [9.17, 15) is 24.4 Å². The first kappa shape index (κ1) is 17.0. The molecule has 0 aliphatic carbocycles. The van der Waals surface area contributed by atoms with Crippen molar-refractivity contribution in [3.8, 4) is 0 Å². The Balaban J connectivity index is 2.25. The van der Waals surface area contributed by atoms with Crippen LogP contribution in [-0.4, -0.2) is 54.4 Å². The summed E-state index contributed by atoms with van der Waals surface area (Å²) in [6.07, 6.45) is -5.88. The molecule has 2 heterocycles. The first-order valence-corrected chi connectivity index (χ1v) is 7.70. The predicted molar refractivity (Wildman–Crippen MR) is 69.9 cm³/mol. The maximum Gasteiger partial charge on any atom is 0.469 e. The fraction of sp³-hybridized carbons (Fsp3) is 0.600. The van der Waals surface area contributed by atoms with Gasteiger partial charge in [-0.15, -0.1) is 0 Å². The van der Waals surface area contributed by atoms with Crippen LogP contribution in [0.15, 0.2) is 15.8 Å². The van der Waals surface area contributed by atoms with Gasteiger partial charge in [0.1, 0.15) is 24.4 Å². The van der Waals surface area contributed by atoms with E-state index in [0.29, 0.717) is 0 Å². The van der Waals surface area contributed by atoms with Gasteiger partial charge in [-0.1, -0.05) is 0 Å². The number of rotatable bonds is 4. The van der Waals surface area contributed by atoms with E-state index in [-0.39, 0.29) is 5.56 Å². The average Bonchev–Trinajstić information content (AvgIpc) is 2.65. The van der Waals surface area contributed by atoms with Crippen molar-refractivity contribution in [1.82, 2.24) is 9.97 Å². The van der Waals surface area contributed by atoms with Gasteiger partial charge < -0.3 is 29.7 Å². The third kappa shape index (κ3) is 3.52. The molecule has 0 radical (unpaired) electrons. The van der Waals surface area contributed by atoms with E-state index in [1.807, 2.05) is 4.98 Å². The Kier molecular flexibility index (Phi) is 4.68. The molecule has 2 rings (SSSR count). The van der Waals surface area contributed by atoms with Gasteiger partial charge >= 0.3 is 13.5 Å². The summed E-state index contributed by atoms with van der Waals surface area (Å²) < 4.78 is 20.5. The molecule has 1 aromatic rings. The third-order valence-electron chi connectivity index (χ3n) is 3.22. The number of aliphatic hydroxyl groups is 2. The smallest absolute Gasteiger partial charge is 0.387 e. The number of aliphatic hydroxyl groups excluding tert-OH is 2. The van der Waals surface area contributed by atoms with Crippen LogP contribution in [-0.2, 0) is 13.8 Å². The summed E-state index contributed by atoms with van der Waals surface area (Å²) >= 11 is 0. The van der Waals surface area contributed by atoms with Gasteiger partial charge in [0.15, 0.2) is 0 Å². The van der Waals surface area contributed by atoms with Crippen LogP contribution in [0.2, 0.25) is 0 Å². The lowest BCUT2D eigenvalue weighted by molar-refractivity contribution is -0.0572. The van der Waals surface area contributed by atoms with Gasteiger partial charge in [-0.05, 0) is 6.92 Å². The molecule has 0 aromatic carbocycles. The van der Waals surface area contributed by atoms with E-state index in [4.69, 9.17) is 14.5 Å². The zero-order valence-electron chi connectivity index (χ0n) is 11.2. The Morgan fingerprint density at radius 1 is 1.32 bits per heavy atom. The summed E-state index contributed by atoms with van der Waals surface area (Å²) in [6, 6.07) is 0. The average molecular weight is 338 g/mol. The Morgan fingerprint density at radius 3 is 2.50 bits per heavy atom. The molecule has 1 aliphatic rings. The summed E-state index contributed by atoms with van der Waals surface area (Å²) in [6.45, 7) is 1.24. The molecule has 1 saturated heterocycles. The molecule has 1 aliphatic heterocycles. The van der Waals surface area contributed by atoms with Gasteiger partial charge in [-0.2, -0.15) is 0 Å². The normalized spacial score (nSPS) is 30.4. The van der Waals surface area contributed by atoms with E-state index in [2.05, 4.69) is 9.51 Å². The highest BCUT2D eigenvalue weighted by Gasteiger charge is 2.48. The minimum absolute atomic E-state index is 0.142. The Bertz CT molecular complexity index is 694. The molecule has 12 heteroatoms. The number of phosphoric ester groups is 1. The molecule has 0 saturated carbocycles. The first-order valence-electron chi connectivity index (χ1n) is 6.17. The molecule has 1 fully saturated rings. The van der Waals surface area contributed by atoms with E-state index >= 15 is 0 Å². The van der Waals surface area contributed by atoms with Crippen molar-refractivity contribution in [1.29, 1.82) is 0 Å². The lowest BCUT2D eigenvalue weighted by Gasteiger charge is -2.22. The molecule has 22 heavy (non-hydrogen) atoms. The second-order valence-corrected chi connectivity index (χ2v) is 6.02. The number of aromatic nitrogens is 2. The number of hydrogen-bond donors (Lipinski definition) is 6. The van der Waals surface area contributed by atoms with Crippen molar-refractivity contribution >= 4 is 7.82 Å². The number of nitrogens with one attached hydrogen (secondary N) is 2. The number of hydrogen-bond acceptors (Lipinski definition) is 7. The van der Waals surface area contributed by atoms with Crippen LogP contribution in [0.5, 0.6) is 0 Å². The highest BCUT2D eigenvalue weighted by molar-refractivity contribution is 7.46. The van der Waals surface area contributed by atoms with Crippen LogP contribution >= 0.6 is 7.82 Å². The minimum atomic E-state index is -4.82. The van der Waals surface area contributed by atoms with Crippen LogP contribution in [0, 0.1) is 0 Å². The van der Waals surface area contributed by atoms with Gasteiger partial charge in [0.25, 0.3) is 5.56 Å². The molecule has 0 bridgehead atoms. The maximum absolute atomic E-state index is 11.7. The highest BCUT2D eigenvalue weighted by Crippen LogP contribution is 2.41. The standard InChI is InChI=1S/C10H15N2O9P/c1-3(21-22(17,18)19)7-5(13)6(14)8(20-7)4-2-11-10(16)12-9(4)15/h2-3,5-8,13-14H,1H3,(H2,17,18,19)(H2,11,12,15,16)/t3?,5-,6+,7+,8-/m0/s1. The number of ether oxygens (including phenoxy) is 1. The van der Waals surface area contributed by atoms with E-state index < -0.39 is 49.6 Å². The van der Waals surface area contributed by atoms with Gasteiger partial charge in [0.05, 0.1) is 11.7 Å². The molecule has 11 nitrogen and oxygen atoms in total.